The van der Waals surface area contributed by atoms with E-state index in [0.29, 0.717) is 18.6 Å². The van der Waals surface area contributed by atoms with Crippen LogP contribution in [-0.2, 0) is 28.5 Å². The van der Waals surface area contributed by atoms with E-state index in [0.717, 1.165) is 44.9 Å². The lowest BCUT2D eigenvalue weighted by atomic mass is 9.35. The van der Waals surface area contributed by atoms with Crippen LogP contribution in [0.5, 0.6) is 0 Å². The minimum Gasteiger partial charge on any atom is -0.394 e. The molecule has 0 aromatic heterocycles. The summed E-state index contributed by atoms with van der Waals surface area (Å²) in [6.45, 7) is 16.0. The topological polar surface area (TPSA) is 225 Å². The standard InChI is InChI=1S/C42H70O14/c1-37(2)24-10-15-40(6)25(17-21(45)28-20(9-14-41(28,40)7)42(8)16-12-27(56-42)38(3,4)51)39(24,5)13-11-26(37)54-36-34(32(49)30(47)23(19-44)53-36)55-35-33(50)31(48)29(46)22(18-43)52-35/h20,22-36,43-44,46-51H,9-19H2,1-8H3/t20?,22-,23-,24?,25?,26+,27+,28?,29-,30-,31+,32+,33-,34-,35+,36+,39+,40-,41-,42-/m1/s1. The quantitative estimate of drug-likeness (QED) is 0.163. The Balaban J connectivity index is 1.11. The zero-order valence-corrected chi connectivity index (χ0v) is 34.5. The molecule has 14 heteroatoms. The molecule has 7 aliphatic rings. The number of hydrogen-bond donors (Lipinski definition) is 8. The summed E-state index contributed by atoms with van der Waals surface area (Å²) in [5.41, 5.74) is -2.36. The first-order valence-corrected chi connectivity index (χ1v) is 21.2. The van der Waals surface area contributed by atoms with Gasteiger partial charge in [-0.05, 0) is 112 Å². The highest BCUT2D eigenvalue weighted by Crippen LogP contribution is 2.75. The molecule has 56 heavy (non-hydrogen) atoms. The fourth-order valence-electron chi connectivity index (χ4n) is 13.8. The van der Waals surface area contributed by atoms with Crippen LogP contribution in [0.4, 0.5) is 0 Å². The zero-order chi connectivity index (χ0) is 41.1. The van der Waals surface area contributed by atoms with E-state index in [1.807, 2.05) is 0 Å². The maximum absolute atomic E-state index is 14.7. The zero-order valence-electron chi connectivity index (χ0n) is 34.5. The van der Waals surface area contributed by atoms with E-state index < -0.39 is 97.3 Å². The predicted molar refractivity (Wildman–Crippen MR) is 199 cm³/mol. The highest BCUT2D eigenvalue weighted by atomic mass is 16.8. The number of carbonyl (C=O) groups excluding carboxylic acids is 1. The molecule has 0 bridgehead atoms. The number of aliphatic hydroxyl groups excluding tert-OH is 7. The molecule has 4 unspecified atom stereocenters. The summed E-state index contributed by atoms with van der Waals surface area (Å²) in [7, 11) is 0. The second-order valence-corrected chi connectivity index (χ2v) is 20.9. The van der Waals surface area contributed by atoms with Gasteiger partial charge in [-0.2, -0.15) is 0 Å². The van der Waals surface area contributed by atoms with Gasteiger partial charge in [0, 0.05) is 12.3 Å². The SMILES string of the molecule is CC(C)(O)[C@@H]1CC[C@](C)(C2CC[C@]3(C)C2C(=O)CC2[C@@]4(C)CC[C@H](O[C@@H]5O[C@H](CO)[C@@H](O)[C@H](O)[C@H]5O[C@@H]5O[C@H](CO)[C@@H](O)[C@H](O)[C@H]5O)C(C)(C)C4CC[C@]23C)O1. The fraction of sp³-hybridized carbons (Fsp3) is 0.976. The maximum atomic E-state index is 14.7. The second kappa shape index (κ2) is 14.7. The number of ether oxygens (including phenoxy) is 5. The Morgan fingerprint density at radius 2 is 1.30 bits per heavy atom. The van der Waals surface area contributed by atoms with Gasteiger partial charge in [0.25, 0.3) is 0 Å². The van der Waals surface area contributed by atoms with Crippen molar-refractivity contribution in [1.82, 2.24) is 0 Å². The summed E-state index contributed by atoms with van der Waals surface area (Å²) in [6.07, 6.45) is -8.63. The molecule has 7 rings (SSSR count). The van der Waals surface area contributed by atoms with Crippen LogP contribution in [0.3, 0.4) is 0 Å². The van der Waals surface area contributed by atoms with Gasteiger partial charge >= 0.3 is 0 Å². The Labute approximate surface area is 331 Å². The predicted octanol–water partition coefficient (Wildman–Crippen LogP) is 1.57. The van der Waals surface area contributed by atoms with Crippen molar-refractivity contribution in [3.05, 3.63) is 0 Å². The highest BCUT2D eigenvalue weighted by Gasteiger charge is 2.72. The van der Waals surface area contributed by atoms with Crippen LogP contribution in [0.1, 0.15) is 113 Å². The van der Waals surface area contributed by atoms with Crippen LogP contribution in [0, 0.1) is 45.3 Å². The molecule has 0 aromatic carbocycles. The van der Waals surface area contributed by atoms with Gasteiger partial charge in [-0.25, -0.2) is 0 Å². The van der Waals surface area contributed by atoms with Crippen molar-refractivity contribution in [2.45, 2.75) is 198 Å². The van der Waals surface area contributed by atoms with Gasteiger partial charge in [-0.1, -0.05) is 34.6 Å². The first kappa shape index (κ1) is 43.2. The number of rotatable bonds is 8. The van der Waals surface area contributed by atoms with Crippen molar-refractivity contribution in [3.63, 3.8) is 0 Å². The molecular weight excluding hydrogens is 728 g/mol. The molecule has 8 N–H and O–H groups in total. The van der Waals surface area contributed by atoms with E-state index in [4.69, 9.17) is 23.7 Å². The van der Waals surface area contributed by atoms with Gasteiger partial charge in [0.05, 0.1) is 36.6 Å². The third-order valence-electron chi connectivity index (χ3n) is 17.3. The largest absolute Gasteiger partial charge is 0.394 e. The normalized spacial score (nSPS) is 54.7. The summed E-state index contributed by atoms with van der Waals surface area (Å²) >= 11 is 0. The molecule has 14 nitrogen and oxygen atoms in total. The number of ketones is 1. The molecule has 322 valence electrons. The molecule has 0 spiro atoms. The van der Waals surface area contributed by atoms with Gasteiger partial charge in [-0.3, -0.25) is 4.79 Å². The maximum Gasteiger partial charge on any atom is 0.187 e. The first-order chi connectivity index (χ1) is 26.0. The summed E-state index contributed by atoms with van der Waals surface area (Å²) in [5.74, 6) is 0.622. The number of hydrogen-bond acceptors (Lipinski definition) is 14. The molecule has 4 aliphatic carbocycles. The molecular formula is C42H70O14. The Kier molecular flexibility index (Phi) is 11.3. The van der Waals surface area contributed by atoms with Gasteiger partial charge in [0.15, 0.2) is 12.6 Å². The van der Waals surface area contributed by atoms with E-state index >= 15 is 0 Å². The van der Waals surface area contributed by atoms with Crippen molar-refractivity contribution < 1.29 is 69.3 Å². The van der Waals surface area contributed by atoms with Crippen molar-refractivity contribution in [2.75, 3.05) is 13.2 Å². The van der Waals surface area contributed by atoms with Crippen LogP contribution >= 0.6 is 0 Å². The van der Waals surface area contributed by atoms with Crippen LogP contribution in [0.2, 0.25) is 0 Å². The monoisotopic (exact) mass is 798 g/mol. The summed E-state index contributed by atoms with van der Waals surface area (Å²) in [5, 5.41) is 84.2. The lowest BCUT2D eigenvalue weighted by Crippen LogP contribution is -2.67. The van der Waals surface area contributed by atoms with Gasteiger partial charge in [-0.15, -0.1) is 0 Å². The molecule has 3 aliphatic heterocycles. The number of aliphatic hydroxyl groups is 8. The van der Waals surface area contributed by atoms with Crippen molar-refractivity contribution >= 4 is 5.78 Å². The Morgan fingerprint density at radius 3 is 1.91 bits per heavy atom. The van der Waals surface area contributed by atoms with E-state index in [1.165, 1.54) is 0 Å². The van der Waals surface area contributed by atoms with Crippen LogP contribution in [0.15, 0.2) is 0 Å². The molecule has 0 radical (unpaired) electrons. The Hall–Kier alpha value is -0.850. The number of carbonyl (C=O) groups is 1. The van der Waals surface area contributed by atoms with Gasteiger partial charge in [0.2, 0.25) is 0 Å². The smallest absolute Gasteiger partial charge is 0.187 e. The van der Waals surface area contributed by atoms with E-state index in [1.54, 1.807) is 13.8 Å². The Morgan fingerprint density at radius 1 is 0.696 bits per heavy atom. The highest BCUT2D eigenvalue weighted by molar-refractivity contribution is 5.84. The molecule has 0 aromatic rings. The third-order valence-corrected chi connectivity index (χ3v) is 17.3. The molecule has 4 saturated carbocycles. The lowest BCUT2D eigenvalue weighted by Gasteiger charge is -2.69. The molecule has 7 fully saturated rings. The van der Waals surface area contributed by atoms with E-state index in [-0.39, 0.29) is 46.0 Å². The lowest BCUT2D eigenvalue weighted by molar-refractivity contribution is -0.378. The second-order valence-electron chi connectivity index (χ2n) is 20.9. The van der Waals surface area contributed by atoms with Crippen molar-refractivity contribution in [3.8, 4) is 0 Å². The van der Waals surface area contributed by atoms with Crippen LogP contribution in [-0.4, -0.2) is 145 Å². The number of Topliss-reactive ketones (excluding diaryl/α,β-unsaturated/α-hetero) is 1. The average molecular weight is 799 g/mol. The van der Waals surface area contributed by atoms with E-state index in [2.05, 4.69) is 41.5 Å². The summed E-state index contributed by atoms with van der Waals surface area (Å²) < 4.78 is 31.0. The average Bonchev–Trinajstić information content (AvgIpc) is 3.73. The third kappa shape index (κ3) is 6.50. The minimum atomic E-state index is -1.76. The van der Waals surface area contributed by atoms with Gasteiger partial charge < -0.3 is 64.5 Å². The van der Waals surface area contributed by atoms with Crippen LogP contribution in [0.25, 0.3) is 0 Å². The van der Waals surface area contributed by atoms with Gasteiger partial charge in [0.1, 0.15) is 54.6 Å². The summed E-state index contributed by atoms with van der Waals surface area (Å²) in [6, 6.07) is 0. The van der Waals surface area contributed by atoms with Crippen molar-refractivity contribution in [1.29, 1.82) is 0 Å². The van der Waals surface area contributed by atoms with E-state index in [9.17, 15) is 45.6 Å². The van der Waals surface area contributed by atoms with Crippen molar-refractivity contribution in [2.24, 2.45) is 45.3 Å². The molecule has 20 atom stereocenters. The Bertz CT molecular complexity index is 1450. The molecule has 0 amide bonds. The molecule has 3 saturated heterocycles. The first-order valence-electron chi connectivity index (χ1n) is 21.2. The summed E-state index contributed by atoms with van der Waals surface area (Å²) in [4.78, 5) is 14.7. The number of fused-ring (bicyclic) bond motifs is 5. The fourth-order valence-corrected chi connectivity index (χ4v) is 13.8. The van der Waals surface area contributed by atoms with Crippen LogP contribution < -0.4 is 0 Å². The molecule has 3 heterocycles. The minimum absolute atomic E-state index is 0.0919.